The maximum atomic E-state index is 12.1. The lowest BCUT2D eigenvalue weighted by molar-refractivity contribution is 0.0925. The minimum absolute atomic E-state index is 0.190. The highest BCUT2D eigenvalue weighted by Crippen LogP contribution is 2.20. The largest absolute Gasteiger partial charge is 0.451 e. The van der Waals surface area contributed by atoms with Crippen LogP contribution >= 0.6 is 0 Å². The standard InChI is InChI=1S/C18H17NO2/c1-12-3-6-14(7-4-12)11-19-18(20)17-10-15-8-5-13(2)9-16(15)21-17/h3-10H,11H2,1-2H3,(H,19,20). The van der Waals surface area contributed by atoms with Crippen LogP contribution in [-0.4, -0.2) is 5.91 Å². The summed E-state index contributed by atoms with van der Waals surface area (Å²) < 4.78 is 5.61. The van der Waals surface area contributed by atoms with Crippen molar-refractivity contribution in [2.45, 2.75) is 20.4 Å². The van der Waals surface area contributed by atoms with Gasteiger partial charge in [0.1, 0.15) is 5.58 Å². The van der Waals surface area contributed by atoms with Gasteiger partial charge in [-0.25, -0.2) is 0 Å². The zero-order valence-electron chi connectivity index (χ0n) is 12.1. The first kappa shape index (κ1) is 13.4. The van der Waals surface area contributed by atoms with Crippen molar-refractivity contribution in [2.75, 3.05) is 0 Å². The van der Waals surface area contributed by atoms with Crippen molar-refractivity contribution in [3.05, 3.63) is 71.0 Å². The Hall–Kier alpha value is -2.55. The second-order valence-electron chi connectivity index (χ2n) is 5.32. The van der Waals surface area contributed by atoms with Crippen molar-refractivity contribution in [2.24, 2.45) is 0 Å². The molecule has 0 atom stereocenters. The lowest BCUT2D eigenvalue weighted by atomic mass is 10.1. The van der Waals surface area contributed by atoms with Gasteiger partial charge in [0.15, 0.2) is 5.76 Å². The molecule has 0 radical (unpaired) electrons. The maximum absolute atomic E-state index is 12.1. The van der Waals surface area contributed by atoms with Gasteiger partial charge in [-0.2, -0.15) is 0 Å². The Balaban J connectivity index is 1.73. The third kappa shape index (κ3) is 2.97. The van der Waals surface area contributed by atoms with Crippen molar-refractivity contribution in [1.29, 1.82) is 0 Å². The molecular weight excluding hydrogens is 262 g/mol. The van der Waals surface area contributed by atoms with Gasteiger partial charge in [-0.15, -0.1) is 0 Å². The quantitative estimate of drug-likeness (QED) is 0.788. The number of hydrogen-bond acceptors (Lipinski definition) is 2. The second-order valence-corrected chi connectivity index (χ2v) is 5.32. The summed E-state index contributed by atoms with van der Waals surface area (Å²) in [4.78, 5) is 12.1. The van der Waals surface area contributed by atoms with Gasteiger partial charge in [0.2, 0.25) is 0 Å². The number of hydrogen-bond donors (Lipinski definition) is 1. The molecule has 106 valence electrons. The van der Waals surface area contributed by atoms with Gasteiger partial charge in [0, 0.05) is 11.9 Å². The average Bonchev–Trinajstić information content (AvgIpc) is 2.89. The van der Waals surface area contributed by atoms with Gasteiger partial charge < -0.3 is 9.73 Å². The summed E-state index contributed by atoms with van der Waals surface area (Å²) in [5, 5.41) is 3.82. The van der Waals surface area contributed by atoms with Crippen molar-refractivity contribution in [1.82, 2.24) is 5.32 Å². The van der Waals surface area contributed by atoms with Gasteiger partial charge in [-0.3, -0.25) is 4.79 Å². The molecule has 3 nitrogen and oxygen atoms in total. The predicted molar refractivity (Wildman–Crippen MR) is 83.3 cm³/mol. The van der Waals surface area contributed by atoms with Crippen LogP contribution in [0.15, 0.2) is 52.9 Å². The molecule has 1 amide bonds. The van der Waals surface area contributed by atoms with Crippen LogP contribution in [0.5, 0.6) is 0 Å². The molecule has 21 heavy (non-hydrogen) atoms. The fourth-order valence-electron chi connectivity index (χ4n) is 2.23. The highest BCUT2D eigenvalue weighted by molar-refractivity contribution is 5.96. The molecule has 0 fully saturated rings. The van der Waals surface area contributed by atoms with Crippen LogP contribution in [0, 0.1) is 13.8 Å². The maximum Gasteiger partial charge on any atom is 0.287 e. The van der Waals surface area contributed by atoms with E-state index in [1.165, 1.54) is 5.56 Å². The number of carbonyl (C=O) groups excluding carboxylic acids is 1. The molecule has 2 aromatic carbocycles. The van der Waals surface area contributed by atoms with Crippen molar-refractivity contribution in [3.63, 3.8) is 0 Å². The van der Waals surface area contributed by atoms with Crippen LogP contribution < -0.4 is 5.32 Å². The van der Waals surface area contributed by atoms with E-state index in [2.05, 4.69) is 5.32 Å². The van der Waals surface area contributed by atoms with E-state index in [4.69, 9.17) is 4.42 Å². The third-order valence-corrected chi connectivity index (χ3v) is 3.47. The molecule has 0 aliphatic carbocycles. The fraction of sp³-hybridized carbons (Fsp3) is 0.167. The van der Waals surface area contributed by atoms with Crippen LogP contribution in [0.4, 0.5) is 0 Å². The molecule has 1 N–H and O–H groups in total. The van der Waals surface area contributed by atoms with E-state index in [-0.39, 0.29) is 5.91 Å². The Kier molecular flexibility index (Phi) is 3.48. The SMILES string of the molecule is Cc1ccc(CNC(=O)c2cc3ccc(C)cc3o2)cc1. The molecule has 3 rings (SSSR count). The van der Waals surface area contributed by atoms with Crippen LogP contribution in [0.2, 0.25) is 0 Å². The Bertz CT molecular complexity index is 785. The highest BCUT2D eigenvalue weighted by atomic mass is 16.3. The lowest BCUT2D eigenvalue weighted by Crippen LogP contribution is -2.22. The average molecular weight is 279 g/mol. The number of nitrogens with one attached hydrogen (secondary N) is 1. The van der Waals surface area contributed by atoms with Gasteiger partial charge in [-0.05, 0) is 37.1 Å². The number of rotatable bonds is 3. The Morgan fingerprint density at radius 3 is 2.48 bits per heavy atom. The van der Waals surface area contributed by atoms with Crippen LogP contribution in [0.3, 0.4) is 0 Å². The van der Waals surface area contributed by atoms with Crippen LogP contribution in [0.25, 0.3) is 11.0 Å². The third-order valence-electron chi connectivity index (χ3n) is 3.47. The summed E-state index contributed by atoms with van der Waals surface area (Å²) >= 11 is 0. The zero-order valence-corrected chi connectivity index (χ0v) is 12.1. The Morgan fingerprint density at radius 2 is 1.71 bits per heavy atom. The molecule has 0 saturated heterocycles. The normalized spacial score (nSPS) is 10.8. The number of fused-ring (bicyclic) bond motifs is 1. The van der Waals surface area contributed by atoms with Gasteiger partial charge in [0.05, 0.1) is 0 Å². The molecule has 1 heterocycles. The molecule has 0 unspecified atom stereocenters. The molecule has 0 aliphatic heterocycles. The topological polar surface area (TPSA) is 42.2 Å². The summed E-state index contributed by atoms with van der Waals surface area (Å²) in [6, 6.07) is 15.8. The van der Waals surface area contributed by atoms with Gasteiger partial charge in [0.25, 0.3) is 5.91 Å². The highest BCUT2D eigenvalue weighted by Gasteiger charge is 2.11. The summed E-state index contributed by atoms with van der Waals surface area (Å²) in [7, 11) is 0. The van der Waals surface area contributed by atoms with E-state index in [1.807, 2.05) is 56.3 Å². The van der Waals surface area contributed by atoms with E-state index in [1.54, 1.807) is 6.07 Å². The van der Waals surface area contributed by atoms with Crippen molar-refractivity contribution < 1.29 is 9.21 Å². The number of aryl methyl sites for hydroxylation is 2. The zero-order chi connectivity index (χ0) is 14.8. The van der Waals surface area contributed by atoms with Crippen LogP contribution in [0.1, 0.15) is 27.2 Å². The monoisotopic (exact) mass is 279 g/mol. The Labute approximate surface area is 123 Å². The fourth-order valence-corrected chi connectivity index (χ4v) is 2.23. The summed E-state index contributed by atoms with van der Waals surface area (Å²) in [6.07, 6.45) is 0. The number of benzene rings is 2. The molecular formula is C18H17NO2. The number of carbonyl (C=O) groups is 1. The smallest absolute Gasteiger partial charge is 0.287 e. The minimum atomic E-state index is -0.190. The first-order valence-electron chi connectivity index (χ1n) is 6.96. The van der Waals surface area contributed by atoms with E-state index in [9.17, 15) is 4.79 Å². The summed E-state index contributed by atoms with van der Waals surface area (Å²) in [5.41, 5.74) is 4.14. The molecule has 3 aromatic rings. The Morgan fingerprint density at radius 1 is 1.00 bits per heavy atom. The molecule has 1 aromatic heterocycles. The van der Waals surface area contributed by atoms with E-state index in [0.717, 1.165) is 22.1 Å². The van der Waals surface area contributed by atoms with Crippen molar-refractivity contribution in [3.8, 4) is 0 Å². The van der Waals surface area contributed by atoms with Crippen LogP contribution in [-0.2, 0) is 6.54 Å². The first-order valence-corrected chi connectivity index (χ1v) is 6.96. The minimum Gasteiger partial charge on any atom is -0.451 e. The summed E-state index contributed by atoms with van der Waals surface area (Å²) in [6.45, 7) is 4.53. The second kappa shape index (κ2) is 5.44. The molecule has 0 saturated carbocycles. The lowest BCUT2D eigenvalue weighted by Gasteiger charge is -2.03. The molecule has 3 heteroatoms. The molecule has 0 spiro atoms. The van der Waals surface area contributed by atoms with E-state index in [0.29, 0.717) is 12.3 Å². The van der Waals surface area contributed by atoms with E-state index >= 15 is 0 Å². The van der Waals surface area contributed by atoms with Gasteiger partial charge in [-0.1, -0.05) is 42.0 Å². The number of amides is 1. The van der Waals surface area contributed by atoms with E-state index < -0.39 is 0 Å². The predicted octanol–water partition coefficient (Wildman–Crippen LogP) is 3.98. The van der Waals surface area contributed by atoms with Crippen molar-refractivity contribution >= 4 is 16.9 Å². The molecule has 0 bridgehead atoms. The number of furan rings is 1. The first-order chi connectivity index (χ1) is 10.1. The van der Waals surface area contributed by atoms with Gasteiger partial charge >= 0.3 is 0 Å². The molecule has 0 aliphatic rings. The summed E-state index contributed by atoms with van der Waals surface area (Å²) in [5.74, 6) is 0.159.